The number of carbonyl (C=O) groups excluding carboxylic acids is 3. The summed E-state index contributed by atoms with van der Waals surface area (Å²) in [5.74, 6) is -0.621. The van der Waals surface area contributed by atoms with Crippen molar-refractivity contribution in [1.29, 1.82) is 0 Å². The molecule has 0 aliphatic carbocycles. The lowest BCUT2D eigenvalue weighted by Crippen LogP contribution is -2.47. The van der Waals surface area contributed by atoms with Gasteiger partial charge in [-0.15, -0.1) is 0 Å². The van der Waals surface area contributed by atoms with Gasteiger partial charge in [-0.3, -0.25) is 14.4 Å². The smallest absolute Gasteiger partial charge is 0.305 e. The van der Waals surface area contributed by atoms with Gasteiger partial charge in [0.25, 0.3) is 0 Å². The predicted octanol–water partition coefficient (Wildman–Crippen LogP) is 5.39. The van der Waals surface area contributed by atoms with Crippen molar-refractivity contribution in [3.63, 3.8) is 0 Å². The molecular formula is C31H50N2O5S. The number of aliphatic hydroxyl groups is 1. The van der Waals surface area contributed by atoms with Crippen LogP contribution in [0.3, 0.4) is 0 Å². The minimum atomic E-state index is -1.37. The SMILES string of the molecule is CCC=CCC=CCC=CCC=CCC=CCCCC(=O)OCC(C)(C)[C@@H](O)C(=O)NCCC(=O)NCCS. The van der Waals surface area contributed by atoms with Crippen LogP contribution < -0.4 is 10.6 Å². The third kappa shape index (κ3) is 22.0. The summed E-state index contributed by atoms with van der Waals surface area (Å²) in [7, 11) is 0. The molecular weight excluding hydrogens is 512 g/mol. The number of hydrogen-bond acceptors (Lipinski definition) is 6. The molecule has 220 valence electrons. The molecule has 3 N–H and O–H groups in total. The van der Waals surface area contributed by atoms with Crippen LogP contribution in [0.25, 0.3) is 0 Å². The normalized spacial score (nSPS) is 13.3. The highest BCUT2D eigenvalue weighted by Gasteiger charge is 2.34. The zero-order chi connectivity index (χ0) is 29.2. The maximum atomic E-state index is 12.2. The first-order valence-electron chi connectivity index (χ1n) is 14.0. The van der Waals surface area contributed by atoms with E-state index in [0.29, 0.717) is 18.7 Å². The number of ether oxygens (including phenoxy) is 1. The van der Waals surface area contributed by atoms with Crippen molar-refractivity contribution in [2.45, 2.75) is 84.7 Å². The predicted molar refractivity (Wildman–Crippen MR) is 164 cm³/mol. The average Bonchev–Trinajstić information content (AvgIpc) is 2.91. The van der Waals surface area contributed by atoms with Crippen molar-refractivity contribution >= 4 is 30.4 Å². The Morgan fingerprint density at radius 2 is 1.36 bits per heavy atom. The molecule has 0 saturated carbocycles. The van der Waals surface area contributed by atoms with Crippen LogP contribution in [0.1, 0.15) is 78.6 Å². The van der Waals surface area contributed by atoms with E-state index >= 15 is 0 Å². The third-order valence-electron chi connectivity index (χ3n) is 5.59. The van der Waals surface area contributed by atoms with Crippen LogP contribution in [-0.4, -0.2) is 54.4 Å². The molecule has 7 nitrogen and oxygen atoms in total. The molecule has 8 heteroatoms. The first-order chi connectivity index (χ1) is 18.7. The largest absolute Gasteiger partial charge is 0.465 e. The fourth-order valence-corrected chi connectivity index (χ4v) is 3.30. The van der Waals surface area contributed by atoms with Crippen LogP contribution in [0.4, 0.5) is 0 Å². The lowest BCUT2D eigenvalue weighted by Gasteiger charge is -2.29. The zero-order valence-electron chi connectivity index (χ0n) is 24.1. The second-order valence-electron chi connectivity index (χ2n) is 9.77. The fourth-order valence-electron chi connectivity index (χ4n) is 3.18. The van der Waals surface area contributed by atoms with Crippen molar-refractivity contribution in [3.05, 3.63) is 60.8 Å². The van der Waals surface area contributed by atoms with Gasteiger partial charge in [0.15, 0.2) is 0 Å². The van der Waals surface area contributed by atoms with Gasteiger partial charge in [-0.2, -0.15) is 12.6 Å². The van der Waals surface area contributed by atoms with Crippen molar-refractivity contribution in [3.8, 4) is 0 Å². The van der Waals surface area contributed by atoms with Gasteiger partial charge in [-0.1, -0.05) is 81.5 Å². The summed E-state index contributed by atoms with van der Waals surface area (Å²) < 4.78 is 5.29. The van der Waals surface area contributed by atoms with Crippen molar-refractivity contribution in [2.75, 3.05) is 25.4 Å². The quantitative estimate of drug-likeness (QED) is 0.0613. The van der Waals surface area contributed by atoms with Gasteiger partial charge >= 0.3 is 5.97 Å². The lowest BCUT2D eigenvalue weighted by atomic mass is 9.87. The Morgan fingerprint density at radius 1 is 0.821 bits per heavy atom. The summed E-state index contributed by atoms with van der Waals surface area (Å²) in [5.41, 5.74) is -0.960. The number of thiol groups is 1. The fraction of sp³-hybridized carbons (Fsp3) is 0.581. The van der Waals surface area contributed by atoms with E-state index in [2.05, 4.69) is 90.9 Å². The Bertz CT molecular complexity index is 831. The number of unbranched alkanes of at least 4 members (excludes halogenated alkanes) is 1. The van der Waals surface area contributed by atoms with Crippen LogP contribution in [-0.2, 0) is 19.1 Å². The molecule has 0 unspecified atom stereocenters. The molecule has 0 saturated heterocycles. The van der Waals surface area contributed by atoms with Gasteiger partial charge < -0.3 is 20.5 Å². The van der Waals surface area contributed by atoms with E-state index in [9.17, 15) is 19.5 Å². The highest BCUT2D eigenvalue weighted by atomic mass is 32.1. The summed E-state index contributed by atoms with van der Waals surface area (Å²) in [5, 5.41) is 15.6. The summed E-state index contributed by atoms with van der Waals surface area (Å²) in [4.78, 5) is 35.8. The van der Waals surface area contributed by atoms with Gasteiger partial charge in [0.1, 0.15) is 6.10 Å². The number of aliphatic hydroxyl groups excluding tert-OH is 1. The first-order valence-corrected chi connectivity index (χ1v) is 14.6. The second-order valence-corrected chi connectivity index (χ2v) is 10.2. The average molecular weight is 563 g/mol. The Kier molecular flexibility index (Phi) is 22.8. The number of esters is 1. The topological polar surface area (TPSA) is 105 Å². The van der Waals surface area contributed by atoms with E-state index in [-0.39, 0.29) is 37.9 Å². The van der Waals surface area contributed by atoms with Gasteiger partial charge in [-0.05, 0) is 44.9 Å². The molecule has 0 aromatic rings. The van der Waals surface area contributed by atoms with Crippen molar-refractivity contribution in [1.82, 2.24) is 10.6 Å². The number of amides is 2. The van der Waals surface area contributed by atoms with E-state index in [1.165, 1.54) is 0 Å². The van der Waals surface area contributed by atoms with E-state index in [1.807, 2.05) is 0 Å². The third-order valence-corrected chi connectivity index (χ3v) is 5.81. The van der Waals surface area contributed by atoms with E-state index < -0.39 is 17.4 Å². The number of hydrogen-bond donors (Lipinski definition) is 4. The molecule has 0 fully saturated rings. The van der Waals surface area contributed by atoms with Crippen LogP contribution >= 0.6 is 12.6 Å². The molecule has 39 heavy (non-hydrogen) atoms. The lowest BCUT2D eigenvalue weighted by molar-refractivity contribution is -0.153. The summed E-state index contributed by atoms with van der Waals surface area (Å²) in [6.45, 7) is 5.93. The van der Waals surface area contributed by atoms with Gasteiger partial charge in [-0.25, -0.2) is 0 Å². The monoisotopic (exact) mass is 562 g/mol. The maximum Gasteiger partial charge on any atom is 0.305 e. The van der Waals surface area contributed by atoms with Crippen molar-refractivity contribution in [2.24, 2.45) is 5.41 Å². The molecule has 0 spiro atoms. The van der Waals surface area contributed by atoms with E-state index in [0.717, 1.165) is 38.5 Å². The molecule has 2 amide bonds. The summed E-state index contributed by atoms with van der Waals surface area (Å²) >= 11 is 4.01. The van der Waals surface area contributed by atoms with Gasteiger partial charge in [0, 0.05) is 37.1 Å². The maximum absolute atomic E-state index is 12.2. The molecule has 0 rings (SSSR count). The summed E-state index contributed by atoms with van der Waals surface area (Å²) in [6, 6.07) is 0. The standard InChI is InChI=1S/C31H50N2O5S/c1-4-5-6-7-8-9-10-11-12-13-14-15-16-17-18-19-20-21-28(35)38-26-31(2,3)29(36)30(37)33-23-22-27(34)32-24-25-39/h5-6,8-9,11-12,14-15,17-18,29,36,39H,4,7,10,13,16,19-26H2,1-3H3,(H,32,34)(H,33,37)/t29-/m0/s1. The van der Waals surface area contributed by atoms with Crippen LogP contribution in [0.15, 0.2) is 60.8 Å². The van der Waals surface area contributed by atoms with Crippen LogP contribution in [0, 0.1) is 5.41 Å². The summed E-state index contributed by atoms with van der Waals surface area (Å²) in [6.07, 6.45) is 26.8. The Balaban J connectivity index is 3.97. The van der Waals surface area contributed by atoms with Gasteiger partial charge in [0.2, 0.25) is 11.8 Å². The zero-order valence-corrected chi connectivity index (χ0v) is 25.0. The van der Waals surface area contributed by atoms with Crippen molar-refractivity contribution < 1.29 is 24.2 Å². The first kappa shape index (κ1) is 36.4. The van der Waals surface area contributed by atoms with E-state index in [4.69, 9.17) is 4.74 Å². The Labute approximate surface area is 241 Å². The minimum absolute atomic E-state index is 0.0788. The Hall–Kier alpha value is -2.58. The number of rotatable bonds is 22. The molecule has 0 aliphatic rings. The number of allylic oxidation sites excluding steroid dienone is 10. The minimum Gasteiger partial charge on any atom is -0.465 e. The number of nitrogens with one attached hydrogen (secondary N) is 2. The molecule has 0 aromatic carbocycles. The van der Waals surface area contributed by atoms with Crippen LogP contribution in [0.2, 0.25) is 0 Å². The molecule has 0 radical (unpaired) electrons. The highest BCUT2D eigenvalue weighted by molar-refractivity contribution is 7.80. The molecule has 0 bridgehead atoms. The molecule has 0 heterocycles. The molecule has 0 aromatic heterocycles. The highest BCUT2D eigenvalue weighted by Crippen LogP contribution is 2.22. The van der Waals surface area contributed by atoms with Crippen LogP contribution in [0.5, 0.6) is 0 Å². The molecule has 1 atom stereocenters. The number of carbonyl (C=O) groups is 3. The van der Waals surface area contributed by atoms with E-state index in [1.54, 1.807) is 13.8 Å². The second kappa shape index (κ2) is 24.5. The molecule has 0 aliphatic heterocycles. The Morgan fingerprint density at radius 3 is 1.90 bits per heavy atom. The van der Waals surface area contributed by atoms with Gasteiger partial charge in [0.05, 0.1) is 6.61 Å².